The predicted molar refractivity (Wildman–Crippen MR) is 100 cm³/mol. The van der Waals surface area contributed by atoms with E-state index in [1.54, 1.807) is 0 Å². The molecule has 134 valence electrons. The first-order chi connectivity index (χ1) is 11.5. The Kier molecular flexibility index (Phi) is 4.53. The minimum Gasteiger partial charge on any atom is -0.323 e. The van der Waals surface area contributed by atoms with Crippen molar-refractivity contribution < 1.29 is 16.8 Å². The Balaban J connectivity index is 2.26. The predicted octanol–water partition coefficient (Wildman–Crippen LogP) is 2.82. The molecule has 2 heterocycles. The zero-order valence-electron chi connectivity index (χ0n) is 12.8. The van der Waals surface area contributed by atoms with Crippen LogP contribution in [-0.4, -0.2) is 36.1 Å². The number of guanidine groups is 1. The number of thiophene rings is 1. The molecule has 0 aliphatic carbocycles. The van der Waals surface area contributed by atoms with E-state index in [9.17, 15) is 16.8 Å². The maximum absolute atomic E-state index is 12.3. The first-order valence-electron chi connectivity index (χ1n) is 6.63. The number of nitrogens with zero attached hydrogens (tertiary/aromatic N) is 1. The third-order valence-corrected chi connectivity index (χ3v) is 8.09. The average Bonchev–Trinajstić information content (AvgIpc) is 2.83. The number of sulfonamides is 1. The maximum atomic E-state index is 12.3. The minimum atomic E-state index is -3.81. The molecule has 0 atom stereocenters. The van der Waals surface area contributed by atoms with Crippen molar-refractivity contribution in [1.82, 2.24) is 4.72 Å². The summed E-state index contributed by atoms with van der Waals surface area (Å²) in [5, 5.41) is 3.01. The summed E-state index contributed by atoms with van der Waals surface area (Å²) in [5.74, 6) is 0.0482. The van der Waals surface area contributed by atoms with Crippen LogP contribution in [0.15, 0.2) is 32.3 Å². The molecule has 0 fully saturated rings. The summed E-state index contributed by atoms with van der Waals surface area (Å²) in [6.07, 6.45) is 1.07. The molecule has 1 aromatic heterocycles. The first kappa shape index (κ1) is 18.5. The molecular formula is C13H11Cl2N3O4S3. The van der Waals surface area contributed by atoms with Crippen molar-refractivity contribution in [2.45, 2.75) is 9.10 Å². The van der Waals surface area contributed by atoms with Crippen LogP contribution in [0.1, 0.15) is 0 Å². The lowest BCUT2D eigenvalue weighted by atomic mass is 10.1. The largest absolute Gasteiger partial charge is 0.323 e. The fourth-order valence-corrected chi connectivity index (χ4v) is 6.28. The molecule has 0 saturated heterocycles. The highest BCUT2D eigenvalue weighted by Gasteiger charge is 2.34. The van der Waals surface area contributed by atoms with E-state index in [4.69, 9.17) is 23.2 Å². The van der Waals surface area contributed by atoms with Gasteiger partial charge < -0.3 is 5.32 Å². The Bertz CT molecular complexity index is 1120. The second-order valence-corrected chi connectivity index (χ2v) is 11.1. The number of sulfone groups is 1. The molecule has 0 saturated carbocycles. The highest BCUT2D eigenvalue weighted by Crippen LogP contribution is 2.49. The van der Waals surface area contributed by atoms with Crippen molar-refractivity contribution in [3.05, 3.63) is 27.6 Å². The molecule has 12 heteroatoms. The highest BCUT2D eigenvalue weighted by molar-refractivity contribution is 7.92. The lowest BCUT2D eigenvalue weighted by Gasteiger charge is -2.19. The molecule has 0 spiro atoms. The van der Waals surface area contributed by atoms with Gasteiger partial charge in [-0.05, 0) is 12.1 Å². The Hall–Kier alpha value is -1.33. The number of fused-ring (bicyclic) bond motifs is 1. The van der Waals surface area contributed by atoms with Gasteiger partial charge in [0.25, 0.3) is 10.0 Å². The van der Waals surface area contributed by atoms with Crippen molar-refractivity contribution in [2.24, 2.45) is 4.99 Å². The van der Waals surface area contributed by atoms with Crippen molar-refractivity contribution in [3.63, 3.8) is 0 Å². The molecule has 2 N–H and O–H groups in total. The molecule has 0 unspecified atom stereocenters. The summed E-state index contributed by atoms with van der Waals surface area (Å²) in [5.41, 5.74) is 1.04. The van der Waals surface area contributed by atoms with E-state index in [-0.39, 0.29) is 30.1 Å². The van der Waals surface area contributed by atoms with Crippen molar-refractivity contribution >= 4 is 66.0 Å². The number of benzene rings is 1. The van der Waals surface area contributed by atoms with Gasteiger partial charge in [0.1, 0.15) is 4.34 Å². The quantitative estimate of drug-likeness (QED) is 0.748. The first-order valence-corrected chi connectivity index (χ1v) is 11.6. The number of anilines is 1. The van der Waals surface area contributed by atoms with Gasteiger partial charge in [-0.15, -0.1) is 11.3 Å². The fourth-order valence-electron chi connectivity index (χ4n) is 2.28. The molecule has 0 radical (unpaired) electrons. The summed E-state index contributed by atoms with van der Waals surface area (Å²) in [4.78, 5) is 3.87. The lowest BCUT2D eigenvalue weighted by Crippen LogP contribution is -2.39. The molecule has 2 aromatic rings. The zero-order valence-corrected chi connectivity index (χ0v) is 16.8. The van der Waals surface area contributed by atoms with E-state index in [2.05, 4.69) is 15.0 Å². The second kappa shape index (κ2) is 6.13. The number of halogens is 2. The molecule has 25 heavy (non-hydrogen) atoms. The Morgan fingerprint density at radius 3 is 2.48 bits per heavy atom. The topological polar surface area (TPSA) is 105 Å². The number of aliphatic imine (C=N–C) groups is 1. The van der Waals surface area contributed by atoms with Crippen molar-refractivity contribution in [3.8, 4) is 11.1 Å². The second-order valence-electron chi connectivity index (χ2n) is 5.13. The monoisotopic (exact) mass is 439 g/mol. The molecule has 7 nitrogen and oxygen atoms in total. The summed E-state index contributed by atoms with van der Waals surface area (Å²) in [6.45, 7) is 0. The van der Waals surface area contributed by atoms with Gasteiger partial charge in [0.05, 0.1) is 10.6 Å². The van der Waals surface area contributed by atoms with E-state index in [1.807, 2.05) is 0 Å². The summed E-state index contributed by atoms with van der Waals surface area (Å²) >= 11 is 13.4. The van der Waals surface area contributed by atoms with Crippen LogP contribution in [0.4, 0.5) is 5.69 Å². The van der Waals surface area contributed by atoms with E-state index in [1.165, 1.54) is 25.2 Å². The number of nitrogens with one attached hydrogen (secondary N) is 2. The smallest absolute Gasteiger partial charge is 0.275 e. The molecule has 0 bridgehead atoms. The van der Waals surface area contributed by atoms with Gasteiger partial charge in [0, 0.05) is 29.5 Å². The van der Waals surface area contributed by atoms with Gasteiger partial charge in [0.2, 0.25) is 5.96 Å². The zero-order chi connectivity index (χ0) is 18.6. The summed E-state index contributed by atoms with van der Waals surface area (Å²) < 4.78 is 50.4. The van der Waals surface area contributed by atoms with E-state index < -0.39 is 19.9 Å². The Morgan fingerprint density at radius 2 is 1.92 bits per heavy atom. The Labute approximate surface area is 158 Å². The molecule has 1 aromatic carbocycles. The van der Waals surface area contributed by atoms with Crippen LogP contribution in [0.2, 0.25) is 9.36 Å². The van der Waals surface area contributed by atoms with E-state index >= 15 is 0 Å². The van der Waals surface area contributed by atoms with Gasteiger partial charge in [-0.25, -0.2) is 21.6 Å². The summed E-state index contributed by atoms with van der Waals surface area (Å²) in [6, 6.07) is 4.18. The molecular weight excluding hydrogens is 429 g/mol. The minimum absolute atomic E-state index is 0.00292. The molecule has 1 aliphatic rings. The van der Waals surface area contributed by atoms with Gasteiger partial charge in [-0.2, -0.15) is 0 Å². The molecule has 0 amide bonds. The number of rotatable bonds is 2. The van der Waals surface area contributed by atoms with Crippen LogP contribution >= 0.6 is 34.5 Å². The normalized spacial score (nSPS) is 17.7. The third-order valence-electron chi connectivity index (χ3n) is 3.41. The van der Waals surface area contributed by atoms with Crippen LogP contribution in [0.3, 0.4) is 0 Å². The van der Waals surface area contributed by atoms with E-state index in [0.717, 1.165) is 17.6 Å². The molecule has 3 rings (SSSR count). The van der Waals surface area contributed by atoms with Gasteiger partial charge in [0.15, 0.2) is 14.0 Å². The van der Waals surface area contributed by atoms with Crippen molar-refractivity contribution in [1.29, 1.82) is 0 Å². The van der Waals surface area contributed by atoms with Gasteiger partial charge in [-0.1, -0.05) is 29.3 Å². The summed E-state index contributed by atoms with van der Waals surface area (Å²) in [7, 11) is -5.80. The fraction of sp³-hybridized carbons (Fsp3) is 0.154. The van der Waals surface area contributed by atoms with E-state index in [0.29, 0.717) is 11.1 Å². The maximum Gasteiger partial charge on any atom is 0.275 e. The number of hydrogen-bond acceptors (Lipinski definition) is 6. The van der Waals surface area contributed by atoms with Crippen LogP contribution < -0.4 is 10.0 Å². The molecule has 1 aliphatic heterocycles. The van der Waals surface area contributed by atoms with Crippen LogP contribution in [0, 0.1) is 0 Å². The number of hydrogen-bond donors (Lipinski definition) is 2. The van der Waals surface area contributed by atoms with Gasteiger partial charge >= 0.3 is 0 Å². The van der Waals surface area contributed by atoms with Crippen molar-refractivity contribution in [2.75, 3.05) is 18.6 Å². The standard InChI is InChI=1S/C13H11Cl2N3O4S3/c1-16-13-17-10-9(11(15)23-12(10)25(21,22)18-13)7-4-3-6(5-8(7)14)24(2,19)20/h3-5H,1-2H3,(H2,16,17,18). The van der Waals surface area contributed by atoms with Crippen LogP contribution in [0.25, 0.3) is 11.1 Å². The van der Waals surface area contributed by atoms with Crippen LogP contribution in [-0.2, 0) is 19.9 Å². The Morgan fingerprint density at radius 1 is 1.24 bits per heavy atom. The average molecular weight is 440 g/mol. The van der Waals surface area contributed by atoms with Gasteiger partial charge in [-0.3, -0.25) is 4.99 Å². The highest BCUT2D eigenvalue weighted by atomic mass is 35.5. The van der Waals surface area contributed by atoms with Crippen LogP contribution in [0.5, 0.6) is 0 Å². The lowest BCUT2D eigenvalue weighted by molar-refractivity contribution is 0.593. The third kappa shape index (κ3) is 3.24. The SMILES string of the molecule is CN=C1Nc2c(sc(Cl)c2-c2ccc(S(C)(=O)=O)cc2Cl)S(=O)(=O)N1.